The van der Waals surface area contributed by atoms with E-state index in [0.29, 0.717) is 0 Å². The highest BCUT2D eigenvalue weighted by Crippen LogP contribution is 2.36. The molecule has 0 aromatic heterocycles. The van der Waals surface area contributed by atoms with Crippen molar-refractivity contribution in [1.29, 1.82) is 0 Å². The van der Waals surface area contributed by atoms with E-state index in [1.807, 2.05) is 27.7 Å². The highest BCUT2D eigenvalue weighted by atomic mass is 16.6. The maximum Gasteiger partial charge on any atom is 0.407 e. The van der Waals surface area contributed by atoms with Crippen molar-refractivity contribution in [3.8, 4) is 5.75 Å². The van der Waals surface area contributed by atoms with Gasteiger partial charge in [0.1, 0.15) is 5.75 Å². The monoisotopic (exact) mass is 307 g/mol. The van der Waals surface area contributed by atoms with Gasteiger partial charge >= 0.3 is 6.09 Å². The first-order valence-corrected chi connectivity index (χ1v) is 7.68. The SMILES string of the molecule is COc1c(C)cc(C(NC(=O)OC(C)C)C(C)(C)C)cc1C. The molecule has 0 saturated heterocycles. The zero-order valence-electron chi connectivity index (χ0n) is 15.0. The van der Waals surface area contributed by atoms with Gasteiger partial charge in [0.25, 0.3) is 0 Å². The van der Waals surface area contributed by atoms with E-state index < -0.39 is 0 Å². The van der Waals surface area contributed by atoms with Crippen LogP contribution >= 0.6 is 0 Å². The second-order valence-corrected chi connectivity index (χ2v) is 7.09. The molecule has 0 aliphatic rings. The summed E-state index contributed by atoms with van der Waals surface area (Å²) >= 11 is 0. The van der Waals surface area contributed by atoms with E-state index in [2.05, 4.69) is 38.2 Å². The Morgan fingerprint density at radius 2 is 1.64 bits per heavy atom. The second-order valence-electron chi connectivity index (χ2n) is 7.09. The van der Waals surface area contributed by atoms with E-state index in [4.69, 9.17) is 9.47 Å². The Labute approximate surface area is 134 Å². The van der Waals surface area contributed by atoms with Crippen molar-refractivity contribution in [1.82, 2.24) is 5.32 Å². The number of amides is 1. The fraction of sp³-hybridized carbons (Fsp3) is 0.611. The molecule has 0 bridgehead atoms. The van der Waals surface area contributed by atoms with Gasteiger partial charge in [0.15, 0.2) is 0 Å². The van der Waals surface area contributed by atoms with Gasteiger partial charge in [-0.1, -0.05) is 32.9 Å². The normalized spacial score (nSPS) is 13.0. The van der Waals surface area contributed by atoms with Gasteiger partial charge in [-0.2, -0.15) is 0 Å². The number of hydrogen-bond acceptors (Lipinski definition) is 3. The van der Waals surface area contributed by atoms with Crippen LogP contribution in [0.4, 0.5) is 4.79 Å². The first kappa shape index (κ1) is 18.3. The van der Waals surface area contributed by atoms with Crippen LogP contribution in [0, 0.1) is 19.3 Å². The zero-order chi connectivity index (χ0) is 17.1. The number of aryl methyl sites for hydroxylation is 2. The maximum absolute atomic E-state index is 12.0. The molecule has 1 N–H and O–H groups in total. The molecular formula is C18H29NO3. The number of nitrogens with one attached hydrogen (secondary N) is 1. The molecular weight excluding hydrogens is 278 g/mol. The fourth-order valence-electron chi connectivity index (χ4n) is 2.64. The molecule has 1 unspecified atom stereocenters. The summed E-state index contributed by atoms with van der Waals surface area (Å²) in [6.45, 7) is 14.0. The molecule has 1 aromatic rings. The van der Waals surface area contributed by atoms with Gasteiger partial charge in [-0.25, -0.2) is 4.79 Å². The van der Waals surface area contributed by atoms with Gasteiger partial charge in [0.2, 0.25) is 0 Å². The van der Waals surface area contributed by atoms with Crippen LogP contribution in [0.2, 0.25) is 0 Å². The van der Waals surface area contributed by atoms with Crippen LogP contribution in [0.15, 0.2) is 12.1 Å². The summed E-state index contributed by atoms with van der Waals surface area (Å²) in [6.07, 6.45) is -0.527. The molecule has 124 valence electrons. The lowest BCUT2D eigenvalue weighted by Crippen LogP contribution is -2.38. The number of methoxy groups -OCH3 is 1. The topological polar surface area (TPSA) is 47.6 Å². The van der Waals surface area contributed by atoms with E-state index in [9.17, 15) is 4.79 Å². The van der Waals surface area contributed by atoms with E-state index in [0.717, 1.165) is 22.4 Å². The van der Waals surface area contributed by atoms with Crippen LogP contribution in [0.3, 0.4) is 0 Å². The number of alkyl carbamates (subject to hydrolysis) is 1. The summed E-state index contributed by atoms with van der Waals surface area (Å²) in [5.74, 6) is 0.890. The summed E-state index contributed by atoms with van der Waals surface area (Å²) in [4.78, 5) is 12.0. The van der Waals surface area contributed by atoms with E-state index in [-0.39, 0.29) is 23.7 Å². The number of benzene rings is 1. The number of hydrogen-bond donors (Lipinski definition) is 1. The van der Waals surface area contributed by atoms with E-state index in [1.54, 1.807) is 7.11 Å². The highest BCUT2D eigenvalue weighted by molar-refractivity contribution is 5.68. The molecule has 22 heavy (non-hydrogen) atoms. The molecule has 1 amide bonds. The number of carbonyl (C=O) groups excluding carboxylic acids is 1. The molecule has 0 saturated carbocycles. The number of rotatable bonds is 4. The number of ether oxygens (including phenoxy) is 2. The Kier molecular flexibility index (Phi) is 5.86. The molecule has 0 aliphatic heterocycles. The van der Waals surface area contributed by atoms with Crippen LogP contribution in [-0.4, -0.2) is 19.3 Å². The van der Waals surface area contributed by atoms with E-state index in [1.165, 1.54) is 0 Å². The van der Waals surface area contributed by atoms with Crippen LogP contribution in [0.25, 0.3) is 0 Å². The lowest BCUT2D eigenvalue weighted by atomic mass is 9.81. The molecule has 4 heteroatoms. The first-order valence-electron chi connectivity index (χ1n) is 7.68. The smallest absolute Gasteiger partial charge is 0.407 e. The van der Waals surface area contributed by atoms with Crippen LogP contribution in [-0.2, 0) is 4.74 Å². The molecule has 4 nitrogen and oxygen atoms in total. The maximum atomic E-state index is 12.0. The van der Waals surface area contributed by atoms with E-state index >= 15 is 0 Å². The molecule has 0 spiro atoms. The van der Waals surface area contributed by atoms with Crippen LogP contribution < -0.4 is 10.1 Å². The Morgan fingerprint density at radius 3 is 2.00 bits per heavy atom. The minimum atomic E-state index is -0.388. The lowest BCUT2D eigenvalue weighted by molar-refractivity contribution is 0.104. The lowest BCUT2D eigenvalue weighted by Gasteiger charge is -2.32. The molecule has 0 fully saturated rings. The van der Waals surface area contributed by atoms with Crippen molar-refractivity contribution >= 4 is 6.09 Å². The summed E-state index contributed by atoms with van der Waals surface area (Å²) in [7, 11) is 1.68. The molecule has 0 heterocycles. The summed E-state index contributed by atoms with van der Waals surface area (Å²) in [5.41, 5.74) is 3.05. The standard InChI is InChI=1S/C18H29NO3/c1-11(2)22-17(20)19-16(18(5,6)7)14-9-12(3)15(21-8)13(4)10-14/h9-11,16H,1-8H3,(H,19,20). The van der Waals surface area contributed by atoms with Gasteiger partial charge in [-0.05, 0) is 49.8 Å². The van der Waals surface area contributed by atoms with Gasteiger partial charge in [0.05, 0.1) is 19.3 Å². The Hall–Kier alpha value is -1.71. The Morgan fingerprint density at radius 1 is 1.14 bits per heavy atom. The van der Waals surface area contributed by atoms with Crippen molar-refractivity contribution in [3.05, 3.63) is 28.8 Å². The zero-order valence-corrected chi connectivity index (χ0v) is 15.0. The minimum Gasteiger partial charge on any atom is -0.496 e. The summed E-state index contributed by atoms with van der Waals surface area (Å²) in [5, 5.41) is 2.99. The third-order valence-electron chi connectivity index (χ3n) is 3.49. The second kappa shape index (κ2) is 7.03. The average Bonchev–Trinajstić information content (AvgIpc) is 2.33. The third kappa shape index (κ3) is 4.65. The van der Waals surface area contributed by atoms with Crippen molar-refractivity contribution in [2.75, 3.05) is 7.11 Å². The van der Waals surface area contributed by atoms with Crippen LogP contribution in [0.5, 0.6) is 5.75 Å². The molecule has 1 aromatic carbocycles. The minimum absolute atomic E-state index is 0.135. The molecule has 0 aliphatic carbocycles. The first-order chi connectivity index (χ1) is 10.1. The predicted molar refractivity (Wildman–Crippen MR) is 89.4 cm³/mol. The average molecular weight is 307 g/mol. The Balaban J connectivity index is 3.16. The van der Waals surface area contributed by atoms with Crippen molar-refractivity contribution in [2.45, 2.75) is 60.6 Å². The predicted octanol–water partition coefficient (Wildman–Crippen LogP) is 4.53. The number of carbonyl (C=O) groups is 1. The molecule has 1 rings (SSSR count). The van der Waals surface area contributed by atoms with Gasteiger partial charge in [0, 0.05) is 0 Å². The Bertz CT molecular complexity index is 507. The van der Waals surface area contributed by atoms with Crippen molar-refractivity contribution in [3.63, 3.8) is 0 Å². The van der Waals surface area contributed by atoms with Gasteiger partial charge in [-0.3, -0.25) is 0 Å². The molecule has 0 radical (unpaired) electrons. The fourth-order valence-corrected chi connectivity index (χ4v) is 2.64. The van der Waals surface area contributed by atoms with Crippen LogP contribution in [0.1, 0.15) is 57.4 Å². The summed E-state index contributed by atoms with van der Waals surface area (Å²) < 4.78 is 10.6. The quantitative estimate of drug-likeness (QED) is 0.888. The largest absolute Gasteiger partial charge is 0.496 e. The summed E-state index contributed by atoms with van der Waals surface area (Å²) in [6, 6.07) is 4.00. The van der Waals surface area contributed by atoms with Gasteiger partial charge < -0.3 is 14.8 Å². The van der Waals surface area contributed by atoms with Crippen molar-refractivity contribution < 1.29 is 14.3 Å². The third-order valence-corrected chi connectivity index (χ3v) is 3.49. The van der Waals surface area contributed by atoms with Crippen molar-refractivity contribution in [2.24, 2.45) is 5.41 Å². The molecule has 1 atom stereocenters. The highest BCUT2D eigenvalue weighted by Gasteiger charge is 2.29. The van der Waals surface area contributed by atoms with Gasteiger partial charge in [-0.15, -0.1) is 0 Å².